The van der Waals surface area contributed by atoms with E-state index in [1.165, 1.54) is 20.1 Å². The Bertz CT molecular complexity index is 1510. The van der Waals surface area contributed by atoms with Gasteiger partial charge < -0.3 is 28.6 Å². The fourth-order valence-electron chi connectivity index (χ4n) is 6.29. The fraction of sp³-hybridized carbons (Fsp3) is 0.395. The molecule has 5 rings (SSSR count). The van der Waals surface area contributed by atoms with Gasteiger partial charge >= 0.3 is 12.1 Å². The molecule has 1 fully saturated rings. The van der Waals surface area contributed by atoms with Crippen LogP contribution in [0.4, 0.5) is 4.79 Å². The second-order valence-electron chi connectivity index (χ2n) is 12.4. The summed E-state index contributed by atoms with van der Waals surface area (Å²) in [5, 5.41) is 0. The molecule has 10 heteroatoms. The summed E-state index contributed by atoms with van der Waals surface area (Å²) in [6.45, 7) is 7.88. The van der Waals surface area contributed by atoms with E-state index in [0.29, 0.717) is 25.5 Å². The molecule has 48 heavy (non-hydrogen) atoms. The summed E-state index contributed by atoms with van der Waals surface area (Å²) < 4.78 is 30.5. The maximum absolute atomic E-state index is 13.9. The van der Waals surface area contributed by atoms with Crippen LogP contribution >= 0.6 is 0 Å². The number of ether oxygens (including phenoxy) is 5. The normalized spacial score (nSPS) is 23.8. The van der Waals surface area contributed by atoms with Crippen LogP contribution in [0.15, 0.2) is 103 Å². The molecule has 2 amide bonds. The van der Waals surface area contributed by atoms with Gasteiger partial charge in [0.25, 0.3) is 5.91 Å². The third kappa shape index (κ3) is 8.24. The molecule has 2 heterocycles. The first-order chi connectivity index (χ1) is 23.2. The van der Waals surface area contributed by atoms with Crippen LogP contribution in [-0.2, 0) is 53.0 Å². The zero-order valence-corrected chi connectivity index (χ0v) is 28.1. The van der Waals surface area contributed by atoms with Gasteiger partial charge in [-0.1, -0.05) is 105 Å². The Morgan fingerprint density at radius 1 is 0.812 bits per heavy atom. The second-order valence-corrected chi connectivity index (χ2v) is 12.4. The summed E-state index contributed by atoms with van der Waals surface area (Å²) in [6.07, 6.45) is -3.96. The third-order valence-corrected chi connectivity index (χ3v) is 8.51. The van der Waals surface area contributed by atoms with Crippen molar-refractivity contribution in [3.63, 3.8) is 0 Å². The zero-order valence-electron chi connectivity index (χ0n) is 28.1. The Balaban J connectivity index is 1.39. The van der Waals surface area contributed by atoms with E-state index in [-0.39, 0.29) is 11.8 Å². The number of benzene rings is 3. The summed E-state index contributed by atoms with van der Waals surface area (Å²) in [7, 11) is 1.45. The monoisotopic (exact) mass is 656 g/mol. The van der Waals surface area contributed by atoms with Crippen molar-refractivity contribution in [3.8, 4) is 0 Å². The molecule has 0 radical (unpaired) electrons. The highest BCUT2D eigenvalue weighted by atomic mass is 16.6. The standard InChI is InChI=1S/C38H44N2O8/c1-25(2)33-31(45-24-30-19-13-8-14-20-30)21-32(42)40(33)37-36(44-5)35(47-27(4)41)34(26(3)46-37)48-38(43)39(22-28-15-9-6-10-16-28)23-29-17-11-7-12-18-29/h6-21,25-26,33-37H,22-24H2,1-5H3/t26-,33-,34+,35+,36+,37+/m0/s1. The van der Waals surface area contributed by atoms with Crippen LogP contribution in [0.5, 0.6) is 0 Å². The summed E-state index contributed by atoms with van der Waals surface area (Å²) in [5.74, 6) is -0.438. The first-order valence-corrected chi connectivity index (χ1v) is 16.3. The average Bonchev–Trinajstić information content (AvgIpc) is 3.42. The molecule has 1 saturated heterocycles. The van der Waals surface area contributed by atoms with Crippen LogP contribution in [0, 0.1) is 5.92 Å². The smallest absolute Gasteiger partial charge is 0.410 e. The minimum atomic E-state index is -1.07. The van der Waals surface area contributed by atoms with E-state index in [4.69, 9.17) is 23.7 Å². The van der Waals surface area contributed by atoms with E-state index < -0.39 is 48.7 Å². The molecular weight excluding hydrogens is 612 g/mol. The van der Waals surface area contributed by atoms with Gasteiger partial charge in [0.1, 0.15) is 18.5 Å². The molecule has 10 nitrogen and oxygen atoms in total. The van der Waals surface area contributed by atoms with Gasteiger partial charge in [-0.15, -0.1) is 0 Å². The molecule has 0 saturated carbocycles. The van der Waals surface area contributed by atoms with Crippen molar-refractivity contribution in [2.45, 2.75) is 84.1 Å². The number of rotatable bonds is 12. The Kier molecular flexibility index (Phi) is 11.5. The molecule has 3 aromatic rings. The van der Waals surface area contributed by atoms with Gasteiger partial charge in [0.05, 0.1) is 12.1 Å². The van der Waals surface area contributed by atoms with Crippen molar-refractivity contribution in [3.05, 3.63) is 120 Å². The SMILES string of the molecule is CO[C@@H]1[C@H](OC(C)=O)[C@H](OC(=O)N(Cc2ccccc2)Cc2ccccc2)[C@H](C)O[C@H]1N1C(=O)C=C(OCc2ccccc2)[C@@H]1C(C)C. The highest BCUT2D eigenvalue weighted by Gasteiger charge is 2.55. The van der Waals surface area contributed by atoms with Gasteiger partial charge in [-0.2, -0.15) is 0 Å². The predicted molar refractivity (Wildman–Crippen MR) is 178 cm³/mol. The van der Waals surface area contributed by atoms with E-state index in [1.807, 2.05) is 105 Å². The number of hydrogen-bond donors (Lipinski definition) is 0. The molecule has 0 spiro atoms. The van der Waals surface area contributed by atoms with E-state index in [1.54, 1.807) is 16.7 Å². The van der Waals surface area contributed by atoms with E-state index in [0.717, 1.165) is 16.7 Å². The third-order valence-electron chi connectivity index (χ3n) is 8.51. The van der Waals surface area contributed by atoms with Gasteiger partial charge in [-0.05, 0) is 29.5 Å². The lowest BCUT2D eigenvalue weighted by Gasteiger charge is -2.48. The second kappa shape index (κ2) is 16.0. The van der Waals surface area contributed by atoms with E-state index in [2.05, 4.69) is 0 Å². The van der Waals surface area contributed by atoms with Crippen LogP contribution in [-0.4, -0.2) is 71.6 Å². The van der Waals surface area contributed by atoms with Crippen LogP contribution in [0.1, 0.15) is 44.4 Å². The van der Waals surface area contributed by atoms with Crippen molar-refractivity contribution >= 4 is 18.0 Å². The van der Waals surface area contributed by atoms with Gasteiger partial charge in [0.15, 0.2) is 18.4 Å². The summed E-state index contributed by atoms with van der Waals surface area (Å²) in [5.41, 5.74) is 2.82. The number of carbonyl (C=O) groups is 3. The predicted octanol–water partition coefficient (Wildman–Crippen LogP) is 5.85. The van der Waals surface area contributed by atoms with Crippen molar-refractivity contribution in [1.29, 1.82) is 0 Å². The highest BCUT2D eigenvalue weighted by molar-refractivity contribution is 5.91. The number of esters is 1. The van der Waals surface area contributed by atoms with E-state index >= 15 is 0 Å². The van der Waals surface area contributed by atoms with Crippen LogP contribution in [0.2, 0.25) is 0 Å². The molecular formula is C38H44N2O8. The molecule has 0 bridgehead atoms. The van der Waals surface area contributed by atoms with Gasteiger partial charge in [-0.25, -0.2) is 4.79 Å². The lowest BCUT2D eigenvalue weighted by molar-refractivity contribution is -0.267. The fourth-order valence-corrected chi connectivity index (χ4v) is 6.29. The van der Waals surface area contributed by atoms with Gasteiger partial charge in [0.2, 0.25) is 0 Å². The number of hydrogen-bond acceptors (Lipinski definition) is 8. The Morgan fingerprint density at radius 3 is 1.85 bits per heavy atom. The van der Waals surface area contributed by atoms with Crippen molar-refractivity contribution in [2.75, 3.05) is 7.11 Å². The summed E-state index contributed by atoms with van der Waals surface area (Å²) in [6, 6.07) is 28.5. The quantitative estimate of drug-likeness (QED) is 0.224. The number of methoxy groups -OCH3 is 1. The zero-order chi connectivity index (χ0) is 34.2. The van der Waals surface area contributed by atoms with Crippen molar-refractivity contribution in [1.82, 2.24) is 9.80 Å². The first-order valence-electron chi connectivity index (χ1n) is 16.3. The summed E-state index contributed by atoms with van der Waals surface area (Å²) in [4.78, 5) is 43.2. The summed E-state index contributed by atoms with van der Waals surface area (Å²) >= 11 is 0. The molecule has 2 aliphatic heterocycles. The van der Waals surface area contributed by atoms with Gasteiger partial charge in [0, 0.05) is 33.2 Å². The maximum Gasteiger partial charge on any atom is 0.410 e. The number of amides is 2. The molecule has 0 N–H and O–H groups in total. The largest absolute Gasteiger partial charge is 0.491 e. The molecule has 0 aromatic heterocycles. The minimum absolute atomic E-state index is 0.0536. The molecule has 2 aliphatic rings. The Labute approximate surface area is 282 Å². The minimum Gasteiger partial charge on any atom is -0.491 e. The number of nitrogens with zero attached hydrogens (tertiary/aromatic N) is 2. The lowest BCUT2D eigenvalue weighted by atomic mass is 9.95. The highest BCUT2D eigenvalue weighted by Crippen LogP contribution is 2.37. The van der Waals surface area contributed by atoms with Crippen LogP contribution in [0.25, 0.3) is 0 Å². The van der Waals surface area contributed by atoms with Gasteiger partial charge in [-0.3, -0.25) is 14.5 Å². The maximum atomic E-state index is 13.9. The first kappa shape index (κ1) is 34.7. The topological polar surface area (TPSA) is 104 Å². The molecule has 0 aliphatic carbocycles. The van der Waals surface area contributed by atoms with Crippen LogP contribution in [0.3, 0.4) is 0 Å². The van der Waals surface area contributed by atoms with Crippen molar-refractivity contribution in [2.24, 2.45) is 5.92 Å². The molecule has 3 aromatic carbocycles. The average molecular weight is 657 g/mol. The molecule has 0 unspecified atom stereocenters. The Hall–Kier alpha value is -4.67. The van der Waals surface area contributed by atoms with Crippen LogP contribution < -0.4 is 0 Å². The molecule has 6 atom stereocenters. The number of carbonyl (C=O) groups excluding carboxylic acids is 3. The van der Waals surface area contributed by atoms with E-state index in [9.17, 15) is 14.4 Å². The lowest BCUT2D eigenvalue weighted by Crippen LogP contribution is -2.66. The Morgan fingerprint density at radius 2 is 1.35 bits per heavy atom. The molecule has 254 valence electrons. The van der Waals surface area contributed by atoms with Crippen molar-refractivity contribution < 1.29 is 38.1 Å².